The normalized spacial score (nSPS) is 10.9. The van der Waals surface area contributed by atoms with Gasteiger partial charge >= 0.3 is 0 Å². The van der Waals surface area contributed by atoms with Crippen LogP contribution in [-0.2, 0) is 0 Å². The fourth-order valence-corrected chi connectivity index (χ4v) is 3.07. The van der Waals surface area contributed by atoms with E-state index in [0.29, 0.717) is 32.9 Å². The first-order chi connectivity index (χ1) is 11.8. The molecule has 0 bridgehead atoms. The largest absolute Gasteiger partial charge is 0.455 e. The molecule has 0 saturated heterocycles. The third-order valence-corrected chi connectivity index (χ3v) is 4.31. The van der Waals surface area contributed by atoms with E-state index in [4.69, 9.17) is 16.0 Å². The molecule has 2 nitrogen and oxygen atoms in total. The van der Waals surface area contributed by atoms with Gasteiger partial charge in [0.25, 0.3) is 0 Å². The Morgan fingerprint density at radius 2 is 1.42 bits per heavy atom. The Labute approximate surface area is 143 Å². The molecule has 0 atom stereocenters. The van der Waals surface area contributed by atoms with Crippen LogP contribution in [0.15, 0.2) is 88.1 Å². The van der Waals surface area contributed by atoms with Crippen molar-refractivity contribution < 1.29 is 4.42 Å². The highest BCUT2D eigenvalue weighted by Gasteiger charge is 2.19. The minimum Gasteiger partial charge on any atom is -0.455 e. The van der Waals surface area contributed by atoms with Gasteiger partial charge in [0.15, 0.2) is 0 Å². The van der Waals surface area contributed by atoms with E-state index in [1.54, 1.807) is 18.2 Å². The van der Waals surface area contributed by atoms with Crippen LogP contribution in [0.1, 0.15) is 0 Å². The quantitative estimate of drug-likeness (QED) is 0.465. The smallest absolute Gasteiger partial charge is 0.201 e. The molecule has 0 N–H and O–H groups in total. The molecule has 0 fully saturated rings. The lowest BCUT2D eigenvalue weighted by Gasteiger charge is -2.11. The number of hydrogen-bond donors (Lipinski definition) is 0. The number of halogens is 1. The summed E-state index contributed by atoms with van der Waals surface area (Å²) in [6, 6.07) is 24.2. The first kappa shape index (κ1) is 14.7. The van der Waals surface area contributed by atoms with E-state index < -0.39 is 0 Å². The molecule has 0 saturated carbocycles. The summed E-state index contributed by atoms with van der Waals surface area (Å²) in [4.78, 5) is 13.2. The molecule has 0 spiro atoms. The SMILES string of the molecule is O=c1c(-c2ccccc2Cl)c(-c2ccccc2)oc2ccccc12. The molecule has 0 aliphatic carbocycles. The highest BCUT2D eigenvalue weighted by atomic mass is 35.5. The van der Waals surface area contributed by atoms with Gasteiger partial charge in [-0.3, -0.25) is 4.79 Å². The van der Waals surface area contributed by atoms with E-state index in [1.807, 2.05) is 60.7 Å². The number of rotatable bonds is 2. The lowest BCUT2D eigenvalue weighted by atomic mass is 9.98. The van der Waals surface area contributed by atoms with Crippen molar-refractivity contribution in [1.29, 1.82) is 0 Å². The topological polar surface area (TPSA) is 30.2 Å². The minimum absolute atomic E-state index is 0.0798. The van der Waals surface area contributed by atoms with E-state index in [2.05, 4.69) is 0 Å². The van der Waals surface area contributed by atoms with Crippen LogP contribution in [0, 0.1) is 0 Å². The number of benzene rings is 3. The molecule has 0 amide bonds. The predicted octanol–water partition coefficient (Wildman–Crippen LogP) is 5.78. The van der Waals surface area contributed by atoms with Crippen LogP contribution >= 0.6 is 11.6 Å². The van der Waals surface area contributed by atoms with Crippen molar-refractivity contribution in [2.75, 3.05) is 0 Å². The second kappa shape index (κ2) is 5.99. The van der Waals surface area contributed by atoms with E-state index in [1.165, 1.54) is 0 Å². The zero-order valence-corrected chi connectivity index (χ0v) is 13.5. The molecule has 0 aliphatic heterocycles. The van der Waals surface area contributed by atoms with Gasteiger partial charge in [0, 0.05) is 16.1 Å². The Bertz CT molecular complexity index is 1080. The molecular weight excluding hydrogens is 320 g/mol. The summed E-state index contributed by atoms with van der Waals surface area (Å²) in [7, 11) is 0. The number of hydrogen-bond acceptors (Lipinski definition) is 2. The maximum absolute atomic E-state index is 13.2. The van der Waals surface area contributed by atoms with Crippen molar-refractivity contribution >= 4 is 22.6 Å². The monoisotopic (exact) mass is 332 g/mol. The van der Waals surface area contributed by atoms with Crippen molar-refractivity contribution in [3.8, 4) is 22.5 Å². The van der Waals surface area contributed by atoms with Gasteiger partial charge in [0.1, 0.15) is 11.3 Å². The van der Waals surface area contributed by atoms with E-state index in [9.17, 15) is 4.79 Å². The summed E-state index contributed by atoms with van der Waals surface area (Å²) in [6.07, 6.45) is 0. The fourth-order valence-electron chi connectivity index (χ4n) is 2.84. The number of fused-ring (bicyclic) bond motifs is 1. The lowest BCUT2D eigenvalue weighted by molar-refractivity contribution is 0.621. The average Bonchev–Trinajstić information content (AvgIpc) is 2.63. The molecule has 1 aromatic heterocycles. The highest BCUT2D eigenvalue weighted by molar-refractivity contribution is 6.33. The lowest BCUT2D eigenvalue weighted by Crippen LogP contribution is -2.07. The summed E-state index contributed by atoms with van der Waals surface area (Å²) < 4.78 is 6.11. The standard InChI is InChI=1S/C21H13ClO2/c22-17-12-6-4-10-15(17)19-20(23)16-11-5-7-13-18(16)24-21(19)14-8-2-1-3-9-14/h1-13H. The van der Waals surface area contributed by atoms with E-state index in [0.717, 1.165) is 5.56 Å². The third kappa shape index (κ3) is 2.41. The van der Waals surface area contributed by atoms with Gasteiger partial charge in [-0.05, 0) is 18.2 Å². The number of para-hydroxylation sites is 1. The highest BCUT2D eigenvalue weighted by Crippen LogP contribution is 2.35. The maximum atomic E-state index is 13.2. The van der Waals surface area contributed by atoms with Gasteiger partial charge in [0.2, 0.25) is 5.43 Å². The zero-order chi connectivity index (χ0) is 16.5. The van der Waals surface area contributed by atoms with Gasteiger partial charge in [-0.1, -0.05) is 72.3 Å². The molecule has 0 unspecified atom stereocenters. The first-order valence-corrected chi connectivity index (χ1v) is 7.99. The Hall–Kier alpha value is -2.84. The van der Waals surface area contributed by atoms with Gasteiger partial charge in [-0.15, -0.1) is 0 Å². The van der Waals surface area contributed by atoms with Crippen molar-refractivity contribution in [3.05, 3.63) is 94.1 Å². The van der Waals surface area contributed by atoms with E-state index >= 15 is 0 Å². The predicted molar refractivity (Wildman–Crippen MR) is 98.4 cm³/mol. The average molecular weight is 333 g/mol. The molecule has 3 aromatic carbocycles. The van der Waals surface area contributed by atoms with Gasteiger partial charge in [-0.25, -0.2) is 0 Å². The molecule has 0 aliphatic rings. The summed E-state index contributed by atoms with van der Waals surface area (Å²) in [5.41, 5.74) is 2.50. The maximum Gasteiger partial charge on any atom is 0.201 e. The molecule has 4 aromatic rings. The van der Waals surface area contributed by atoms with Crippen molar-refractivity contribution in [1.82, 2.24) is 0 Å². The second-order valence-corrected chi connectivity index (χ2v) is 5.88. The van der Waals surface area contributed by atoms with Crippen LogP contribution in [0.25, 0.3) is 33.4 Å². The summed E-state index contributed by atoms with van der Waals surface area (Å²) in [5, 5.41) is 1.07. The summed E-state index contributed by atoms with van der Waals surface area (Å²) >= 11 is 6.36. The molecular formula is C21H13ClO2. The van der Waals surface area contributed by atoms with Crippen molar-refractivity contribution in [2.45, 2.75) is 0 Å². The van der Waals surface area contributed by atoms with Crippen molar-refractivity contribution in [3.63, 3.8) is 0 Å². The van der Waals surface area contributed by atoms with Crippen LogP contribution < -0.4 is 5.43 Å². The van der Waals surface area contributed by atoms with Crippen LogP contribution in [0.2, 0.25) is 5.02 Å². The van der Waals surface area contributed by atoms with Crippen LogP contribution in [0.3, 0.4) is 0 Å². The minimum atomic E-state index is -0.0798. The van der Waals surface area contributed by atoms with E-state index in [-0.39, 0.29) is 5.43 Å². The third-order valence-electron chi connectivity index (χ3n) is 3.98. The Morgan fingerprint density at radius 1 is 0.750 bits per heavy atom. The Balaban J connectivity index is 2.16. The fraction of sp³-hybridized carbons (Fsp3) is 0. The van der Waals surface area contributed by atoms with Gasteiger partial charge in [0.05, 0.1) is 10.9 Å². The van der Waals surface area contributed by atoms with Crippen LogP contribution in [-0.4, -0.2) is 0 Å². The zero-order valence-electron chi connectivity index (χ0n) is 12.7. The first-order valence-electron chi connectivity index (χ1n) is 7.62. The molecule has 0 radical (unpaired) electrons. The Morgan fingerprint density at radius 3 is 2.21 bits per heavy atom. The molecule has 116 valence electrons. The molecule has 1 heterocycles. The summed E-state index contributed by atoms with van der Waals surface area (Å²) in [6.45, 7) is 0. The van der Waals surface area contributed by atoms with Crippen LogP contribution in [0.5, 0.6) is 0 Å². The van der Waals surface area contributed by atoms with Gasteiger partial charge < -0.3 is 4.42 Å². The second-order valence-electron chi connectivity index (χ2n) is 5.48. The molecule has 3 heteroatoms. The van der Waals surface area contributed by atoms with Crippen LogP contribution in [0.4, 0.5) is 0 Å². The van der Waals surface area contributed by atoms with Gasteiger partial charge in [-0.2, -0.15) is 0 Å². The Kier molecular flexibility index (Phi) is 3.68. The summed E-state index contributed by atoms with van der Waals surface area (Å²) in [5.74, 6) is 0.535. The molecule has 4 rings (SSSR count). The van der Waals surface area contributed by atoms with Crippen molar-refractivity contribution in [2.24, 2.45) is 0 Å². The molecule has 24 heavy (non-hydrogen) atoms.